The molecule has 1 aromatic carbocycles. The molecule has 1 saturated carbocycles. The van der Waals surface area contributed by atoms with Crippen molar-refractivity contribution in [1.29, 1.82) is 0 Å². The smallest absolute Gasteiger partial charge is 0.137 e. The van der Waals surface area contributed by atoms with Crippen molar-refractivity contribution in [2.24, 2.45) is 5.92 Å². The van der Waals surface area contributed by atoms with Gasteiger partial charge < -0.3 is 14.5 Å². The van der Waals surface area contributed by atoms with Gasteiger partial charge in [0.2, 0.25) is 0 Å². The van der Waals surface area contributed by atoms with E-state index in [1.54, 1.807) is 0 Å². The third-order valence-electron chi connectivity index (χ3n) is 5.81. The Balaban J connectivity index is 1.32. The number of hydrogen-bond donors (Lipinski definition) is 1. The number of benzene rings is 1. The van der Waals surface area contributed by atoms with Crippen LogP contribution in [-0.4, -0.2) is 15.4 Å². The van der Waals surface area contributed by atoms with Gasteiger partial charge in [-0.15, -0.1) is 0 Å². The Morgan fingerprint density at radius 3 is 2.79 bits per heavy atom. The molecule has 1 fully saturated rings. The van der Waals surface area contributed by atoms with Gasteiger partial charge in [-0.2, -0.15) is 0 Å². The van der Waals surface area contributed by atoms with Crippen LogP contribution in [0.1, 0.15) is 56.7 Å². The fourth-order valence-corrected chi connectivity index (χ4v) is 4.29. The van der Waals surface area contributed by atoms with Crippen molar-refractivity contribution in [2.45, 2.75) is 64.6 Å². The zero-order valence-electron chi connectivity index (χ0n) is 16.8. The van der Waals surface area contributed by atoms with E-state index in [1.165, 1.54) is 44.1 Å². The number of nitrogens with one attached hydrogen (secondary N) is 1. The number of fused-ring (bicyclic) bond motifs is 1. The third kappa shape index (κ3) is 4.93. The molecule has 4 nitrogen and oxygen atoms in total. The van der Waals surface area contributed by atoms with Crippen molar-refractivity contribution in [2.75, 3.05) is 0 Å². The number of nitrogens with zero attached hydrogens (tertiary/aromatic N) is 2. The maximum absolute atomic E-state index is 6.12. The van der Waals surface area contributed by atoms with E-state index < -0.39 is 0 Å². The Morgan fingerprint density at radius 1 is 1.11 bits per heavy atom. The molecule has 1 aliphatic carbocycles. The van der Waals surface area contributed by atoms with Gasteiger partial charge in [-0.25, -0.2) is 4.98 Å². The van der Waals surface area contributed by atoms with Crippen LogP contribution < -0.4 is 10.1 Å². The first-order valence-electron chi connectivity index (χ1n) is 10.6. The number of aromatic nitrogens is 2. The lowest BCUT2D eigenvalue weighted by Gasteiger charge is -2.25. The first-order valence-corrected chi connectivity index (χ1v) is 10.6. The zero-order chi connectivity index (χ0) is 19.2. The van der Waals surface area contributed by atoms with Crippen LogP contribution in [0.5, 0.6) is 5.75 Å². The average Bonchev–Trinajstić information content (AvgIpc) is 3.15. The molecule has 0 spiro atoms. The lowest BCUT2D eigenvalue weighted by Crippen LogP contribution is -2.28. The van der Waals surface area contributed by atoms with E-state index in [-0.39, 0.29) is 0 Å². The lowest BCUT2D eigenvalue weighted by atomic mass is 9.85. The summed E-state index contributed by atoms with van der Waals surface area (Å²) in [6.45, 7) is 3.64. The number of pyridine rings is 1. The van der Waals surface area contributed by atoms with Crippen molar-refractivity contribution in [3.63, 3.8) is 0 Å². The molecule has 3 aromatic rings. The summed E-state index contributed by atoms with van der Waals surface area (Å²) in [5, 5.41) is 3.71. The Morgan fingerprint density at radius 2 is 1.93 bits per heavy atom. The molecular weight excluding hydrogens is 346 g/mol. The number of rotatable bonds is 8. The van der Waals surface area contributed by atoms with Gasteiger partial charge in [0.25, 0.3) is 0 Å². The second-order valence-corrected chi connectivity index (χ2v) is 8.12. The molecule has 1 unspecified atom stereocenters. The molecule has 2 heterocycles. The summed E-state index contributed by atoms with van der Waals surface area (Å²) in [4.78, 5) is 4.62. The van der Waals surface area contributed by atoms with Gasteiger partial charge >= 0.3 is 0 Å². The van der Waals surface area contributed by atoms with Crippen LogP contribution >= 0.6 is 0 Å². The summed E-state index contributed by atoms with van der Waals surface area (Å²) in [6, 6.07) is 14.9. The predicted molar refractivity (Wildman–Crippen MR) is 113 cm³/mol. The maximum atomic E-state index is 6.12. The van der Waals surface area contributed by atoms with Crippen LogP contribution in [0, 0.1) is 5.92 Å². The fourth-order valence-electron chi connectivity index (χ4n) is 4.29. The molecule has 0 bridgehead atoms. The second kappa shape index (κ2) is 9.24. The van der Waals surface area contributed by atoms with E-state index in [0.29, 0.717) is 12.6 Å². The summed E-state index contributed by atoms with van der Waals surface area (Å²) >= 11 is 0. The van der Waals surface area contributed by atoms with E-state index in [4.69, 9.17) is 4.74 Å². The van der Waals surface area contributed by atoms with E-state index in [9.17, 15) is 0 Å². The molecule has 4 heteroatoms. The molecule has 0 aliphatic heterocycles. The van der Waals surface area contributed by atoms with E-state index in [0.717, 1.165) is 29.6 Å². The molecule has 4 rings (SSSR count). The molecule has 1 N–H and O–H groups in total. The van der Waals surface area contributed by atoms with Crippen molar-refractivity contribution in [1.82, 2.24) is 14.7 Å². The van der Waals surface area contributed by atoms with Gasteiger partial charge in [0.1, 0.15) is 18.0 Å². The second-order valence-electron chi connectivity index (χ2n) is 8.12. The highest BCUT2D eigenvalue weighted by atomic mass is 16.5. The predicted octanol–water partition coefficient (Wildman–Crippen LogP) is 5.36. The van der Waals surface area contributed by atoms with Crippen molar-refractivity contribution >= 4 is 5.65 Å². The van der Waals surface area contributed by atoms with Crippen molar-refractivity contribution in [3.8, 4) is 5.75 Å². The first-order chi connectivity index (χ1) is 13.8. The molecule has 1 aliphatic rings. The zero-order valence-corrected chi connectivity index (χ0v) is 16.8. The van der Waals surface area contributed by atoms with Gasteiger partial charge in [-0.05, 0) is 37.5 Å². The Labute approximate surface area is 167 Å². The normalized spacial score (nSPS) is 16.3. The molecule has 28 heavy (non-hydrogen) atoms. The fraction of sp³-hybridized carbons (Fsp3) is 0.458. The van der Waals surface area contributed by atoms with Crippen LogP contribution in [0.15, 0.2) is 54.9 Å². The minimum absolute atomic E-state index is 0.482. The lowest BCUT2D eigenvalue weighted by molar-refractivity contribution is 0.292. The van der Waals surface area contributed by atoms with Gasteiger partial charge in [0.05, 0.1) is 5.69 Å². The Kier molecular flexibility index (Phi) is 6.27. The Hall–Kier alpha value is -2.33. The highest BCUT2D eigenvalue weighted by Crippen LogP contribution is 2.27. The number of para-hydroxylation sites is 1. The molecule has 0 radical (unpaired) electrons. The van der Waals surface area contributed by atoms with Crippen LogP contribution in [0.2, 0.25) is 0 Å². The van der Waals surface area contributed by atoms with Crippen LogP contribution in [0.25, 0.3) is 5.65 Å². The monoisotopic (exact) mass is 377 g/mol. The highest BCUT2D eigenvalue weighted by molar-refractivity contribution is 5.39. The highest BCUT2D eigenvalue weighted by Gasteiger charge is 2.16. The Bertz CT molecular complexity index is 849. The quantitative estimate of drug-likeness (QED) is 0.574. The van der Waals surface area contributed by atoms with Crippen LogP contribution in [0.4, 0.5) is 0 Å². The standard InChI is InChI=1S/C24H31N3O/c1-19(15-20-9-3-2-4-10-20)25-16-21-11-5-6-12-23(21)28-18-22-17-27-14-8-7-13-24(27)26-22/h5-8,11-14,17,19-20,25H,2-4,9-10,15-16,18H2,1H3. The number of hydrogen-bond acceptors (Lipinski definition) is 3. The van der Waals surface area contributed by atoms with Gasteiger partial charge in [-0.1, -0.05) is 56.4 Å². The van der Waals surface area contributed by atoms with Crippen LogP contribution in [-0.2, 0) is 13.2 Å². The summed E-state index contributed by atoms with van der Waals surface area (Å²) in [5.41, 5.74) is 3.11. The van der Waals surface area contributed by atoms with Gasteiger partial charge in [0.15, 0.2) is 0 Å². The van der Waals surface area contributed by atoms with E-state index in [2.05, 4.69) is 35.4 Å². The summed E-state index contributed by atoms with van der Waals surface area (Å²) in [6.07, 6.45) is 12.4. The van der Waals surface area contributed by atoms with E-state index in [1.807, 2.05) is 41.1 Å². The number of ether oxygens (including phenoxy) is 1. The van der Waals surface area contributed by atoms with Crippen molar-refractivity contribution in [3.05, 3.63) is 66.1 Å². The average molecular weight is 378 g/mol. The maximum Gasteiger partial charge on any atom is 0.137 e. The molecule has 1 atom stereocenters. The SMILES string of the molecule is CC(CC1CCCCC1)NCc1ccccc1OCc1cn2ccccc2n1. The molecule has 2 aromatic heterocycles. The summed E-state index contributed by atoms with van der Waals surface area (Å²) < 4.78 is 8.15. The number of imidazole rings is 1. The minimum Gasteiger partial charge on any atom is -0.487 e. The first kappa shape index (κ1) is 19.0. The molecule has 0 saturated heterocycles. The molecular formula is C24H31N3O. The topological polar surface area (TPSA) is 38.6 Å². The summed E-state index contributed by atoms with van der Waals surface area (Å²) in [5.74, 6) is 1.84. The summed E-state index contributed by atoms with van der Waals surface area (Å²) in [7, 11) is 0. The largest absolute Gasteiger partial charge is 0.487 e. The van der Waals surface area contributed by atoms with Crippen LogP contribution in [0.3, 0.4) is 0 Å². The molecule has 0 amide bonds. The minimum atomic E-state index is 0.482. The van der Waals surface area contributed by atoms with Crippen molar-refractivity contribution < 1.29 is 4.74 Å². The van der Waals surface area contributed by atoms with Gasteiger partial charge in [0, 0.05) is 30.5 Å². The molecule has 148 valence electrons. The third-order valence-corrected chi connectivity index (χ3v) is 5.81. The van der Waals surface area contributed by atoms with Gasteiger partial charge in [-0.3, -0.25) is 0 Å². The van der Waals surface area contributed by atoms with E-state index >= 15 is 0 Å².